The summed E-state index contributed by atoms with van der Waals surface area (Å²) < 4.78 is 13.5. The van der Waals surface area contributed by atoms with Gasteiger partial charge < -0.3 is 22.1 Å². The molecule has 0 amide bonds. The summed E-state index contributed by atoms with van der Waals surface area (Å²) in [6.45, 7) is 0. The van der Waals surface area contributed by atoms with Crippen molar-refractivity contribution in [1.82, 2.24) is 9.97 Å². The number of anilines is 4. The minimum Gasteiger partial charge on any atom is -0.386 e. The molecular formula is C20H21FN6. The highest BCUT2D eigenvalue weighted by molar-refractivity contribution is 5.94. The fraction of sp³-hybridized carbons (Fsp3) is 0.100. The number of hydrogen-bond acceptors (Lipinski definition) is 6. The summed E-state index contributed by atoms with van der Waals surface area (Å²) in [5, 5.41) is 8.29. The van der Waals surface area contributed by atoms with E-state index >= 15 is 0 Å². The minimum absolute atomic E-state index is 0.0759. The third-order valence-corrected chi connectivity index (χ3v) is 4.12. The monoisotopic (exact) mass is 364 g/mol. The van der Waals surface area contributed by atoms with Crippen LogP contribution in [-0.2, 0) is 0 Å². The van der Waals surface area contributed by atoms with Crippen LogP contribution in [0, 0.1) is 5.82 Å². The zero-order valence-electron chi connectivity index (χ0n) is 15.1. The van der Waals surface area contributed by atoms with Crippen molar-refractivity contribution in [2.24, 2.45) is 0 Å². The van der Waals surface area contributed by atoms with Crippen molar-refractivity contribution in [2.45, 2.75) is 0 Å². The molecule has 0 spiro atoms. The maximum atomic E-state index is 13.5. The minimum atomic E-state index is -0.459. The van der Waals surface area contributed by atoms with Gasteiger partial charge in [0.25, 0.3) is 0 Å². The summed E-state index contributed by atoms with van der Waals surface area (Å²) in [5.41, 5.74) is 13.0. The molecule has 0 aliphatic heterocycles. The van der Waals surface area contributed by atoms with E-state index in [-0.39, 0.29) is 5.82 Å². The van der Waals surface area contributed by atoms with E-state index < -0.39 is 5.82 Å². The summed E-state index contributed by atoms with van der Waals surface area (Å²) in [6, 6.07) is 16.9. The van der Waals surface area contributed by atoms with Crippen molar-refractivity contribution in [3.8, 4) is 0 Å². The molecule has 4 rings (SSSR count). The van der Waals surface area contributed by atoms with E-state index in [0.29, 0.717) is 17.0 Å². The van der Waals surface area contributed by atoms with E-state index in [4.69, 9.17) is 11.5 Å². The van der Waals surface area contributed by atoms with Crippen LogP contribution >= 0.6 is 0 Å². The number of benzene rings is 2. The lowest BCUT2D eigenvalue weighted by atomic mass is 10.1. The molecule has 138 valence electrons. The predicted octanol–water partition coefficient (Wildman–Crippen LogP) is 3.86. The molecule has 0 fully saturated rings. The number of aromatic nitrogens is 2. The van der Waals surface area contributed by atoms with Gasteiger partial charge in [-0.2, -0.15) is 0 Å². The van der Waals surface area contributed by atoms with Crippen molar-refractivity contribution >= 4 is 44.8 Å². The molecule has 2 aromatic heterocycles. The molecule has 4 aromatic rings. The molecule has 0 saturated carbocycles. The summed E-state index contributed by atoms with van der Waals surface area (Å²) in [6.07, 6.45) is 0. The average Bonchev–Trinajstić information content (AvgIpc) is 2.70. The molecule has 7 heteroatoms. The van der Waals surface area contributed by atoms with E-state index in [0.717, 1.165) is 22.0 Å². The lowest BCUT2D eigenvalue weighted by Gasteiger charge is -2.07. The topological polar surface area (TPSA) is 102 Å². The van der Waals surface area contributed by atoms with Gasteiger partial charge in [0, 0.05) is 30.3 Å². The zero-order chi connectivity index (χ0) is 19.4. The molecular weight excluding hydrogens is 343 g/mol. The Balaban J connectivity index is 0.000000156. The zero-order valence-corrected chi connectivity index (χ0v) is 15.1. The summed E-state index contributed by atoms with van der Waals surface area (Å²) in [7, 11) is 3.60. The molecule has 0 atom stereocenters. The Morgan fingerprint density at radius 2 is 1.56 bits per heavy atom. The lowest BCUT2D eigenvalue weighted by molar-refractivity contribution is 0.640. The second-order valence-corrected chi connectivity index (χ2v) is 5.82. The van der Waals surface area contributed by atoms with Gasteiger partial charge in [0.05, 0.1) is 11.2 Å². The molecule has 0 radical (unpaired) electrons. The Morgan fingerprint density at radius 1 is 0.815 bits per heavy atom. The summed E-state index contributed by atoms with van der Waals surface area (Å²) in [4.78, 5) is 8.17. The average molecular weight is 364 g/mol. The number of halogens is 1. The largest absolute Gasteiger partial charge is 0.386 e. The number of para-hydroxylation sites is 1. The van der Waals surface area contributed by atoms with Gasteiger partial charge in [-0.05, 0) is 18.2 Å². The standard InChI is InChI=1S/C10H10FN3.C10H11N3/c1-13-10-7-5-3-2-4-6(7)8(11)9(12)14-10;1-12-8-4-2-3-7-5-6-9(11)13-10(7)8/h2-5H,1H3,(H3,12,13,14);2-6,12H,1H3,(H2,11,13). The smallest absolute Gasteiger partial charge is 0.173 e. The van der Waals surface area contributed by atoms with E-state index in [1.165, 1.54) is 0 Å². The molecule has 0 aliphatic carbocycles. The van der Waals surface area contributed by atoms with Gasteiger partial charge in [0.2, 0.25) is 0 Å². The fourth-order valence-electron chi connectivity index (χ4n) is 2.80. The second kappa shape index (κ2) is 7.74. The van der Waals surface area contributed by atoms with Crippen LogP contribution < -0.4 is 22.1 Å². The number of rotatable bonds is 2. The molecule has 0 saturated heterocycles. The van der Waals surface area contributed by atoms with E-state index in [1.807, 2.05) is 43.4 Å². The van der Waals surface area contributed by atoms with Crippen LogP contribution in [0.25, 0.3) is 21.7 Å². The van der Waals surface area contributed by atoms with Crippen LogP contribution in [0.1, 0.15) is 0 Å². The predicted molar refractivity (Wildman–Crippen MR) is 111 cm³/mol. The number of fused-ring (bicyclic) bond motifs is 2. The highest BCUT2D eigenvalue weighted by Gasteiger charge is 2.09. The van der Waals surface area contributed by atoms with E-state index in [1.54, 1.807) is 25.2 Å². The van der Waals surface area contributed by atoms with Crippen molar-refractivity contribution in [3.05, 3.63) is 60.4 Å². The van der Waals surface area contributed by atoms with Gasteiger partial charge in [-0.3, -0.25) is 0 Å². The van der Waals surface area contributed by atoms with Gasteiger partial charge in [0.15, 0.2) is 11.6 Å². The van der Waals surface area contributed by atoms with Crippen LogP contribution in [0.3, 0.4) is 0 Å². The van der Waals surface area contributed by atoms with Gasteiger partial charge in [-0.25, -0.2) is 14.4 Å². The molecule has 6 N–H and O–H groups in total. The third-order valence-electron chi connectivity index (χ3n) is 4.12. The number of nitrogens with zero attached hydrogens (tertiary/aromatic N) is 2. The maximum absolute atomic E-state index is 13.5. The van der Waals surface area contributed by atoms with Gasteiger partial charge >= 0.3 is 0 Å². The number of hydrogen-bond donors (Lipinski definition) is 4. The van der Waals surface area contributed by atoms with Crippen molar-refractivity contribution in [2.75, 3.05) is 36.2 Å². The second-order valence-electron chi connectivity index (χ2n) is 5.82. The molecule has 2 aromatic carbocycles. The van der Waals surface area contributed by atoms with Crippen LogP contribution in [0.5, 0.6) is 0 Å². The Kier molecular flexibility index (Phi) is 5.21. The number of nitrogen functional groups attached to an aromatic ring is 2. The highest BCUT2D eigenvalue weighted by atomic mass is 19.1. The summed E-state index contributed by atoms with van der Waals surface area (Å²) >= 11 is 0. The molecule has 6 nitrogen and oxygen atoms in total. The summed E-state index contributed by atoms with van der Waals surface area (Å²) in [5.74, 6) is 0.613. The quantitative estimate of drug-likeness (QED) is 0.431. The Labute approximate surface area is 156 Å². The first-order chi connectivity index (χ1) is 13.0. The normalized spacial score (nSPS) is 10.3. The lowest BCUT2D eigenvalue weighted by Crippen LogP contribution is -2.01. The van der Waals surface area contributed by atoms with Gasteiger partial charge in [-0.1, -0.05) is 36.4 Å². The molecule has 0 bridgehead atoms. The Hall–Kier alpha value is -3.61. The van der Waals surface area contributed by atoms with Crippen LogP contribution in [0.2, 0.25) is 0 Å². The van der Waals surface area contributed by atoms with Crippen LogP contribution in [-0.4, -0.2) is 24.1 Å². The third kappa shape index (κ3) is 3.67. The van der Waals surface area contributed by atoms with E-state index in [2.05, 4.69) is 20.6 Å². The number of nitrogens with two attached hydrogens (primary N) is 2. The maximum Gasteiger partial charge on any atom is 0.173 e. The number of nitrogens with one attached hydrogen (secondary N) is 2. The van der Waals surface area contributed by atoms with Gasteiger partial charge in [-0.15, -0.1) is 0 Å². The van der Waals surface area contributed by atoms with Crippen molar-refractivity contribution < 1.29 is 4.39 Å². The van der Waals surface area contributed by atoms with E-state index in [9.17, 15) is 4.39 Å². The first-order valence-electron chi connectivity index (χ1n) is 8.39. The highest BCUT2D eigenvalue weighted by Crippen LogP contribution is 2.26. The van der Waals surface area contributed by atoms with Crippen LogP contribution in [0.4, 0.5) is 27.5 Å². The molecule has 27 heavy (non-hydrogen) atoms. The van der Waals surface area contributed by atoms with Gasteiger partial charge in [0.1, 0.15) is 11.6 Å². The van der Waals surface area contributed by atoms with Crippen LogP contribution in [0.15, 0.2) is 54.6 Å². The Morgan fingerprint density at radius 3 is 2.26 bits per heavy atom. The van der Waals surface area contributed by atoms with Crippen molar-refractivity contribution in [1.29, 1.82) is 0 Å². The van der Waals surface area contributed by atoms with Crippen molar-refractivity contribution in [3.63, 3.8) is 0 Å². The molecule has 0 unspecified atom stereocenters. The first kappa shape index (κ1) is 18.2. The SMILES string of the molecule is CNc1cccc2ccc(N)nc12.CNc1nc(N)c(F)c2ccccc12. The molecule has 0 aliphatic rings. The first-order valence-corrected chi connectivity index (χ1v) is 8.39. The Bertz CT molecular complexity index is 1100. The number of pyridine rings is 2. The molecule has 2 heterocycles. The fourth-order valence-corrected chi connectivity index (χ4v) is 2.80.